The number of fused-ring (bicyclic) bond motifs is 1. The molecular formula is C29H28F4N2O3. The summed E-state index contributed by atoms with van der Waals surface area (Å²) in [5.41, 5.74) is 0.218. The largest absolute Gasteiger partial charge is 0.497 e. The topological polar surface area (TPSA) is 62.7 Å². The molecule has 4 rings (SSSR count). The van der Waals surface area contributed by atoms with Gasteiger partial charge in [-0.3, -0.25) is 14.7 Å². The lowest BCUT2D eigenvalue weighted by Crippen LogP contribution is -2.44. The molecule has 1 aliphatic heterocycles. The molecule has 1 N–H and O–H groups in total. The van der Waals surface area contributed by atoms with Gasteiger partial charge in [0.05, 0.1) is 30.1 Å². The highest BCUT2D eigenvalue weighted by Gasteiger charge is 2.41. The van der Waals surface area contributed by atoms with Crippen molar-refractivity contribution in [1.82, 2.24) is 9.88 Å². The molecule has 38 heavy (non-hydrogen) atoms. The average molecular weight is 529 g/mol. The lowest BCUT2D eigenvalue weighted by molar-refractivity contribution is -0.152. The number of methoxy groups -OCH3 is 1. The highest BCUT2D eigenvalue weighted by atomic mass is 19.1. The second-order valence-corrected chi connectivity index (χ2v) is 9.65. The van der Waals surface area contributed by atoms with E-state index in [2.05, 4.69) is 16.8 Å². The molecule has 0 aliphatic carbocycles. The van der Waals surface area contributed by atoms with Crippen LogP contribution in [0.3, 0.4) is 0 Å². The summed E-state index contributed by atoms with van der Waals surface area (Å²) in [5, 5.41) is 10.7. The Kier molecular flexibility index (Phi) is 8.22. The van der Waals surface area contributed by atoms with Crippen LogP contribution in [-0.2, 0) is 4.79 Å². The van der Waals surface area contributed by atoms with Gasteiger partial charge in [-0.15, -0.1) is 0 Å². The van der Waals surface area contributed by atoms with E-state index in [1.54, 1.807) is 31.3 Å². The fourth-order valence-electron chi connectivity index (χ4n) is 4.99. The van der Waals surface area contributed by atoms with E-state index in [9.17, 15) is 23.1 Å². The van der Waals surface area contributed by atoms with E-state index in [4.69, 9.17) is 4.74 Å². The van der Waals surface area contributed by atoms with Crippen molar-refractivity contribution in [3.8, 4) is 17.6 Å². The van der Waals surface area contributed by atoms with Gasteiger partial charge in [0.1, 0.15) is 29.4 Å². The SMILES string of the molecule is COc1ccc2ncc(C)c([C@@H](F)CCC3(C(=O)O)CCN(CC#Cc4c(F)cc(F)cc4F)CC3)c2c1. The molecule has 0 bridgehead atoms. The van der Waals surface area contributed by atoms with Gasteiger partial charge >= 0.3 is 5.97 Å². The van der Waals surface area contributed by atoms with Gasteiger partial charge < -0.3 is 9.84 Å². The molecule has 0 saturated carbocycles. The first kappa shape index (κ1) is 27.4. The van der Waals surface area contributed by atoms with Crippen LogP contribution in [0.15, 0.2) is 36.5 Å². The van der Waals surface area contributed by atoms with Crippen molar-refractivity contribution in [1.29, 1.82) is 0 Å². The number of likely N-dealkylation sites (tertiary alicyclic amines) is 1. The molecule has 0 unspecified atom stereocenters. The number of carboxylic acids is 1. The van der Waals surface area contributed by atoms with Gasteiger partial charge in [0, 0.05) is 36.8 Å². The maximum absolute atomic E-state index is 15.7. The van der Waals surface area contributed by atoms with Crippen LogP contribution in [0, 0.1) is 41.6 Å². The molecule has 200 valence electrons. The molecule has 0 amide bonds. The number of carbonyl (C=O) groups is 1. The Bertz CT molecular complexity index is 1390. The Labute approximate surface area is 218 Å². The summed E-state index contributed by atoms with van der Waals surface area (Å²) < 4.78 is 61.6. The minimum atomic E-state index is -1.38. The van der Waals surface area contributed by atoms with E-state index in [1.165, 1.54) is 7.11 Å². The summed E-state index contributed by atoms with van der Waals surface area (Å²) in [6.07, 6.45) is 1.01. The summed E-state index contributed by atoms with van der Waals surface area (Å²) in [6, 6.07) is 6.40. The number of aromatic nitrogens is 1. The lowest BCUT2D eigenvalue weighted by Gasteiger charge is -2.38. The van der Waals surface area contributed by atoms with E-state index in [1.807, 2.05) is 4.90 Å². The van der Waals surface area contributed by atoms with E-state index in [0.29, 0.717) is 65.8 Å². The third kappa shape index (κ3) is 5.76. The lowest BCUT2D eigenvalue weighted by atomic mass is 9.74. The molecule has 2 heterocycles. The third-order valence-corrected chi connectivity index (χ3v) is 7.30. The number of aryl methyl sites for hydroxylation is 1. The zero-order valence-electron chi connectivity index (χ0n) is 21.2. The predicted molar refractivity (Wildman–Crippen MR) is 135 cm³/mol. The molecule has 1 atom stereocenters. The van der Waals surface area contributed by atoms with Crippen molar-refractivity contribution >= 4 is 16.9 Å². The third-order valence-electron chi connectivity index (χ3n) is 7.30. The summed E-state index contributed by atoms with van der Waals surface area (Å²) in [7, 11) is 1.53. The zero-order valence-corrected chi connectivity index (χ0v) is 21.2. The average Bonchev–Trinajstić information content (AvgIpc) is 2.89. The van der Waals surface area contributed by atoms with Crippen molar-refractivity contribution in [2.45, 2.75) is 38.8 Å². The highest BCUT2D eigenvalue weighted by molar-refractivity contribution is 5.85. The number of benzene rings is 2. The minimum Gasteiger partial charge on any atom is -0.497 e. The van der Waals surface area contributed by atoms with Crippen molar-refractivity contribution in [2.75, 3.05) is 26.7 Å². The molecule has 3 aromatic rings. The standard InChI is InChI=1S/C29H28F4N2O3/c1-18-17-34-26-6-5-20(38-2)16-22(26)27(18)23(31)7-8-29(28(36)37)9-12-35(13-10-29)11-3-4-21-24(32)14-19(30)15-25(21)33/h5-6,14-17,23H,7-13H2,1-2H3,(H,36,37)/t23-/m0/s1. The Morgan fingerprint density at radius 3 is 2.50 bits per heavy atom. The van der Waals surface area contributed by atoms with Crippen LogP contribution >= 0.6 is 0 Å². The first-order valence-corrected chi connectivity index (χ1v) is 12.3. The van der Waals surface area contributed by atoms with Crippen molar-refractivity contribution in [2.24, 2.45) is 5.41 Å². The quantitative estimate of drug-likeness (QED) is 0.302. The molecule has 1 saturated heterocycles. The van der Waals surface area contributed by atoms with Crippen LogP contribution in [-0.4, -0.2) is 47.7 Å². The van der Waals surface area contributed by atoms with Crippen LogP contribution in [0.5, 0.6) is 5.75 Å². The summed E-state index contributed by atoms with van der Waals surface area (Å²) in [5.74, 6) is 1.53. The smallest absolute Gasteiger partial charge is 0.309 e. The molecule has 2 aromatic carbocycles. The first-order valence-electron chi connectivity index (χ1n) is 12.3. The summed E-state index contributed by atoms with van der Waals surface area (Å²) in [6.45, 7) is 2.73. The molecule has 5 nitrogen and oxygen atoms in total. The Balaban J connectivity index is 1.42. The van der Waals surface area contributed by atoms with Crippen LogP contribution in [0.4, 0.5) is 17.6 Å². The van der Waals surface area contributed by atoms with E-state index in [0.717, 1.165) is 0 Å². The van der Waals surface area contributed by atoms with Crippen LogP contribution in [0.2, 0.25) is 0 Å². The van der Waals surface area contributed by atoms with Gasteiger partial charge in [0.2, 0.25) is 0 Å². The second kappa shape index (κ2) is 11.4. The van der Waals surface area contributed by atoms with E-state index >= 15 is 4.39 Å². The highest BCUT2D eigenvalue weighted by Crippen LogP contribution is 2.41. The summed E-state index contributed by atoms with van der Waals surface area (Å²) in [4.78, 5) is 18.5. The number of alkyl halides is 1. The molecule has 1 aromatic heterocycles. The van der Waals surface area contributed by atoms with E-state index in [-0.39, 0.29) is 19.4 Å². The van der Waals surface area contributed by atoms with Gasteiger partial charge in [-0.25, -0.2) is 17.6 Å². The number of carboxylic acid groups (broad SMARTS) is 1. The van der Waals surface area contributed by atoms with Gasteiger partial charge in [0.25, 0.3) is 0 Å². The van der Waals surface area contributed by atoms with Crippen molar-refractivity contribution < 1.29 is 32.2 Å². The van der Waals surface area contributed by atoms with Crippen LogP contribution in [0.1, 0.15) is 48.5 Å². The Morgan fingerprint density at radius 2 is 1.87 bits per heavy atom. The monoisotopic (exact) mass is 528 g/mol. The molecular weight excluding hydrogens is 500 g/mol. The fraction of sp³-hybridized carbons (Fsp3) is 0.379. The maximum Gasteiger partial charge on any atom is 0.309 e. The van der Waals surface area contributed by atoms with Crippen molar-refractivity contribution in [3.63, 3.8) is 0 Å². The number of pyridine rings is 1. The van der Waals surface area contributed by atoms with Gasteiger partial charge in [-0.2, -0.15) is 0 Å². The predicted octanol–water partition coefficient (Wildman–Crippen LogP) is 5.98. The summed E-state index contributed by atoms with van der Waals surface area (Å²) >= 11 is 0. The fourth-order valence-corrected chi connectivity index (χ4v) is 4.99. The van der Waals surface area contributed by atoms with Gasteiger partial charge in [-0.05, 0) is 61.9 Å². The maximum atomic E-state index is 15.7. The number of ether oxygens (including phenoxy) is 1. The number of nitrogens with zero attached hydrogens (tertiary/aromatic N) is 2. The number of hydrogen-bond donors (Lipinski definition) is 1. The molecule has 9 heteroatoms. The Morgan fingerprint density at radius 1 is 1.18 bits per heavy atom. The molecule has 0 spiro atoms. The number of aliphatic carboxylic acids is 1. The van der Waals surface area contributed by atoms with Gasteiger partial charge in [-0.1, -0.05) is 11.8 Å². The second-order valence-electron chi connectivity index (χ2n) is 9.65. The number of piperidine rings is 1. The van der Waals surface area contributed by atoms with Crippen LogP contribution < -0.4 is 4.74 Å². The number of rotatable bonds is 7. The normalized spacial score (nSPS) is 16.1. The molecule has 1 aliphatic rings. The molecule has 1 fully saturated rings. The molecule has 0 radical (unpaired) electrons. The van der Waals surface area contributed by atoms with Crippen molar-refractivity contribution in [3.05, 3.63) is 70.7 Å². The first-order chi connectivity index (χ1) is 18.1. The minimum absolute atomic E-state index is 0.0341. The van der Waals surface area contributed by atoms with Crippen LogP contribution in [0.25, 0.3) is 10.9 Å². The number of halogens is 4. The van der Waals surface area contributed by atoms with E-state index < -0.39 is 40.6 Å². The Hall–Kier alpha value is -3.64. The van der Waals surface area contributed by atoms with Gasteiger partial charge in [0.15, 0.2) is 0 Å². The number of hydrogen-bond acceptors (Lipinski definition) is 4. The zero-order chi connectivity index (χ0) is 27.4.